The summed E-state index contributed by atoms with van der Waals surface area (Å²) in [5, 5.41) is 32.3. The van der Waals surface area contributed by atoms with Crippen LogP contribution >= 0.6 is 0 Å². The number of carboxylic acids is 1. The van der Waals surface area contributed by atoms with Crippen LogP contribution in [-0.4, -0.2) is 33.1 Å². The van der Waals surface area contributed by atoms with Gasteiger partial charge in [0.05, 0.1) is 4.92 Å². The quantitative estimate of drug-likeness (QED) is 0.427. The van der Waals surface area contributed by atoms with Crippen molar-refractivity contribution < 1.29 is 19.7 Å². The van der Waals surface area contributed by atoms with Gasteiger partial charge < -0.3 is 10.4 Å². The van der Waals surface area contributed by atoms with E-state index in [-0.39, 0.29) is 5.69 Å². The van der Waals surface area contributed by atoms with Gasteiger partial charge in [0.25, 0.3) is 0 Å². The molecule has 0 aliphatic carbocycles. The summed E-state index contributed by atoms with van der Waals surface area (Å²) in [6, 6.07) is 7.40. The lowest BCUT2D eigenvalue weighted by Gasteiger charge is -2.19. The summed E-state index contributed by atoms with van der Waals surface area (Å²) in [4.78, 5) is 30.0. The van der Waals surface area contributed by atoms with Gasteiger partial charge in [-0.2, -0.15) is 0 Å². The van der Waals surface area contributed by atoms with E-state index in [0.717, 1.165) is 0 Å². The molecule has 0 radical (unpaired) electrons. The minimum atomic E-state index is -2.88. The fraction of sp³-hybridized carbons (Fsp3) is 0.222. The van der Waals surface area contributed by atoms with Crippen LogP contribution in [0.2, 0.25) is 0 Å². The zero-order valence-corrected chi connectivity index (χ0v) is 8.98. The molecule has 18 heavy (non-hydrogen) atoms. The number of benzene rings is 1. The highest BCUT2D eigenvalue weighted by Crippen LogP contribution is 2.17. The molecule has 0 amide bonds. The Morgan fingerprint density at radius 1 is 1.28 bits per heavy atom. The molecule has 0 spiro atoms. The molecule has 0 saturated heterocycles. The largest absolute Gasteiger partial charge is 0.474 e. The van der Waals surface area contributed by atoms with Gasteiger partial charge in [0.2, 0.25) is 0 Å². The third kappa shape index (κ3) is 2.70. The first-order chi connectivity index (χ1) is 8.38. The fourth-order valence-electron chi connectivity index (χ4n) is 1.29. The van der Waals surface area contributed by atoms with Gasteiger partial charge in [0.1, 0.15) is 0 Å². The molecule has 1 atom stereocenters. The highest BCUT2D eigenvalue weighted by Gasteiger charge is 2.57. The number of hydrogen-bond donors (Lipinski definition) is 2. The summed E-state index contributed by atoms with van der Waals surface area (Å²) >= 11 is 0. The second-order valence-electron chi connectivity index (χ2n) is 3.40. The number of nitrogens with zero attached hydrogens (tertiary/aromatic N) is 2. The van der Waals surface area contributed by atoms with E-state index in [1.54, 1.807) is 6.07 Å². The van der Waals surface area contributed by atoms with Crippen LogP contribution in [0.4, 0.5) is 5.69 Å². The number of carbonyl (C=O) groups is 1. The molecule has 1 aromatic carbocycles. The van der Waals surface area contributed by atoms with Crippen molar-refractivity contribution in [1.82, 2.24) is 0 Å². The van der Waals surface area contributed by atoms with Crippen LogP contribution in [0.25, 0.3) is 0 Å². The minimum absolute atomic E-state index is 0.110. The SMILES string of the molecule is O=C(O)C(C[N+](=O)[O-])(Nc1ccccc1)[N+](=O)[O-]. The monoisotopic (exact) mass is 255 g/mol. The molecule has 1 unspecified atom stereocenters. The first-order valence-electron chi connectivity index (χ1n) is 4.71. The molecular weight excluding hydrogens is 246 g/mol. The third-order valence-corrected chi connectivity index (χ3v) is 2.15. The van der Waals surface area contributed by atoms with Crippen LogP contribution in [0.3, 0.4) is 0 Å². The number of hydrogen-bond acceptors (Lipinski definition) is 6. The van der Waals surface area contributed by atoms with Gasteiger partial charge in [0, 0.05) is 10.6 Å². The standard InChI is InChI=1S/C9H9N3O6/c13-8(14)9(12(17)18,6-11(15)16)10-7-4-2-1-3-5-7/h1-5,10H,6H2,(H,13,14). The van der Waals surface area contributed by atoms with Gasteiger partial charge in [-0.3, -0.25) is 20.2 Å². The normalized spacial score (nSPS) is 13.3. The molecule has 9 nitrogen and oxygen atoms in total. The Kier molecular flexibility index (Phi) is 3.77. The van der Waals surface area contributed by atoms with E-state index in [1.807, 2.05) is 0 Å². The van der Waals surface area contributed by atoms with E-state index in [0.29, 0.717) is 0 Å². The van der Waals surface area contributed by atoms with E-state index in [9.17, 15) is 25.0 Å². The summed E-state index contributed by atoms with van der Waals surface area (Å²) in [7, 11) is 0. The number of aliphatic carboxylic acids is 1. The Morgan fingerprint density at radius 3 is 2.22 bits per heavy atom. The van der Waals surface area contributed by atoms with E-state index >= 15 is 0 Å². The Labute approximate surface area is 100 Å². The Morgan fingerprint density at radius 2 is 1.83 bits per heavy atom. The van der Waals surface area contributed by atoms with Crippen molar-refractivity contribution in [1.29, 1.82) is 0 Å². The number of nitrogens with one attached hydrogen (secondary N) is 1. The van der Waals surface area contributed by atoms with Crippen molar-refractivity contribution in [2.45, 2.75) is 5.66 Å². The van der Waals surface area contributed by atoms with E-state index in [4.69, 9.17) is 5.11 Å². The maximum Gasteiger partial charge on any atom is 0.453 e. The van der Waals surface area contributed by atoms with Gasteiger partial charge in [-0.25, -0.2) is 4.79 Å². The Balaban J connectivity index is 3.14. The number of carboxylic acid groups (broad SMARTS) is 1. The van der Waals surface area contributed by atoms with Gasteiger partial charge in [-0.1, -0.05) is 18.2 Å². The molecule has 1 rings (SSSR count). The lowest BCUT2D eigenvalue weighted by molar-refractivity contribution is -0.607. The lowest BCUT2D eigenvalue weighted by atomic mass is 10.1. The van der Waals surface area contributed by atoms with Crippen LogP contribution in [-0.2, 0) is 4.79 Å². The van der Waals surface area contributed by atoms with Crippen molar-refractivity contribution in [3.8, 4) is 0 Å². The molecule has 0 saturated carbocycles. The van der Waals surface area contributed by atoms with Gasteiger partial charge >= 0.3 is 18.2 Å². The van der Waals surface area contributed by atoms with Gasteiger partial charge in [-0.05, 0) is 12.1 Å². The van der Waals surface area contributed by atoms with Crippen LogP contribution in [0.15, 0.2) is 30.3 Å². The van der Waals surface area contributed by atoms with Crippen molar-refractivity contribution in [3.05, 3.63) is 50.6 Å². The molecule has 0 heterocycles. The molecule has 0 aliphatic rings. The molecule has 0 fully saturated rings. The molecule has 0 aromatic heterocycles. The molecule has 1 aromatic rings. The van der Waals surface area contributed by atoms with Crippen molar-refractivity contribution in [3.63, 3.8) is 0 Å². The molecule has 0 aliphatic heterocycles. The van der Waals surface area contributed by atoms with Crippen LogP contribution in [0.5, 0.6) is 0 Å². The zero-order valence-electron chi connectivity index (χ0n) is 8.98. The Bertz CT molecular complexity index is 460. The zero-order chi connectivity index (χ0) is 13.8. The Hall–Kier alpha value is -2.71. The van der Waals surface area contributed by atoms with E-state index in [1.165, 1.54) is 24.3 Å². The molecule has 96 valence electrons. The van der Waals surface area contributed by atoms with Gasteiger partial charge in [0.15, 0.2) is 0 Å². The second kappa shape index (κ2) is 5.08. The minimum Gasteiger partial charge on any atom is -0.474 e. The van der Waals surface area contributed by atoms with Crippen LogP contribution < -0.4 is 5.32 Å². The molecule has 2 N–H and O–H groups in total. The van der Waals surface area contributed by atoms with Crippen molar-refractivity contribution in [2.24, 2.45) is 0 Å². The maximum atomic E-state index is 11.0. The van der Waals surface area contributed by atoms with Gasteiger partial charge in [-0.15, -0.1) is 0 Å². The lowest BCUT2D eigenvalue weighted by Crippen LogP contribution is -2.58. The number of nitro groups is 2. The number of anilines is 1. The average Bonchev–Trinajstić information content (AvgIpc) is 2.28. The predicted octanol–water partition coefficient (Wildman–Crippen LogP) is 0.433. The van der Waals surface area contributed by atoms with E-state index < -0.39 is 28.0 Å². The first kappa shape index (κ1) is 13.4. The summed E-state index contributed by atoms with van der Waals surface area (Å²) in [6.07, 6.45) is 0. The summed E-state index contributed by atoms with van der Waals surface area (Å²) in [6.45, 7) is -1.37. The third-order valence-electron chi connectivity index (χ3n) is 2.15. The van der Waals surface area contributed by atoms with Crippen molar-refractivity contribution in [2.75, 3.05) is 11.9 Å². The second-order valence-corrected chi connectivity index (χ2v) is 3.40. The van der Waals surface area contributed by atoms with Crippen LogP contribution in [0.1, 0.15) is 0 Å². The van der Waals surface area contributed by atoms with Crippen LogP contribution in [0, 0.1) is 20.2 Å². The fourth-order valence-corrected chi connectivity index (χ4v) is 1.29. The first-order valence-corrected chi connectivity index (χ1v) is 4.71. The molecule has 0 bridgehead atoms. The summed E-state index contributed by atoms with van der Waals surface area (Å²) in [5.41, 5.74) is -2.77. The number of para-hydroxylation sites is 1. The maximum absolute atomic E-state index is 11.0. The smallest absolute Gasteiger partial charge is 0.453 e. The molecule has 9 heteroatoms. The summed E-state index contributed by atoms with van der Waals surface area (Å²) in [5.74, 6) is -1.92. The van der Waals surface area contributed by atoms with E-state index in [2.05, 4.69) is 5.32 Å². The topological polar surface area (TPSA) is 136 Å². The molecular formula is C9H9N3O6. The average molecular weight is 255 g/mol. The number of rotatable bonds is 6. The van der Waals surface area contributed by atoms with Crippen molar-refractivity contribution >= 4 is 11.7 Å². The highest BCUT2D eigenvalue weighted by atomic mass is 16.7. The predicted molar refractivity (Wildman–Crippen MR) is 59.3 cm³/mol. The summed E-state index contributed by atoms with van der Waals surface area (Å²) < 4.78 is 0. The highest BCUT2D eigenvalue weighted by molar-refractivity contribution is 5.80.